The molecule has 0 unspecified atom stereocenters. The van der Waals surface area contributed by atoms with Gasteiger partial charge in [0.1, 0.15) is 16.9 Å². The topological polar surface area (TPSA) is 133 Å². The normalized spacial score (nSPS) is 14.0. The Morgan fingerprint density at radius 1 is 1.19 bits per heavy atom. The van der Waals surface area contributed by atoms with Gasteiger partial charge in [0, 0.05) is 43.5 Å². The van der Waals surface area contributed by atoms with Gasteiger partial charge in [0.25, 0.3) is 5.56 Å². The van der Waals surface area contributed by atoms with Crippen molar-refractivity contribution in [3.63, 3.8) is 0 Å². The van der Waals surface area contributed by atoms with Gasteiger partial charge in [-0.2, -0.15) is 0 Å². The summed E-state index contributed by atoms with van der Waals surface area (Å²) in [5.74, 6) is 6.14. The Labute approximate surface area is 215 Å². The Hall–Kier alpha value is -4.31. The SMILES string of the molecule is CC#CCn1c(=O)c2c(ncn2[C@@H](C)C(=O)Nc2csc(-c3cnc(N4CCCC4)nc3)n2)n(C)c1=O. The van der Waals surface area contributed by atoms with Gasteiger partial charge in [-0.15, -0.1) is 17.3 Å². The van der Waals surface area contributed by atoms with Gasteiger partial charge in [-0.1, -0.05) is 5.92 Å². The Bertz CT molecular complexity index is 1650. The molecular weight excluding hydrogens is 494 g/mol. The van der Waals surface area contributed by atoms with E-state index in [0.29, 0.717) is 16.8 Å². The summed E-state index contributed by atoms with van der Waals surface area (Å²) in [7, 11) is 1.53. The highest BCUT2D eigenvalue weighted by molar-refractivity contribution is 7.13. The van der Waals surface area contributed by atoms with Crippen LogP contribution < -0.4 is 21.5 Å². The lowest BCUT2D eigenvalue weighted by Gasteiger charge is -2.14. The molecule has 190 valence electrons. The predicted molar refractivity (Wildman–Crippen MR) is 141 cm³/mol. The maximum Gasteiger partial charge on any atom is 0.333 e. The number of anilines is 2. The standard InChI is InChI=1S/C24H25N9O3S/c1-4-5-10-32-22(35)18-19(30(3)24(32)36)27-14-33(18)15(2)20(34)28-17-13-37-21(29-17)16-11-25-23(26-12-16)31-8-6-7-9-31/h11-15H,6-10H2,1-3H3,(H,28,34)/t15-/m0/s1. The van der Waals surface area contributed by atoms with E-state index in [1.807, 2.05) is 0 Å². The molecule has 12 nitrogen and oxygen atoms in total. The van der Waals surface area contributed by atoms with E-state index in [-0.39, 0.29) is 23.6 Å². The lowest BCUT2D eigenvalue weighted by Crippen LogP contribution is -2.40. The number of hydrogen-bond acceptors (Lipinski definition) is 9. The molecule has 1 saturated heterocycles. The first kappa shape index (κ1) is 24.4. The molecule has 1 fully saturated rings. The largest absolute Gasteiger partial charge is 0.341 e. The lowest BCUT2D eigenvalue weighted by molar-refractivity contribution is -0.118. The van der Waals surface area contributed by atoms with Crippen molar-refractivity contribution in [2.24, 2.45) is 7.05 Å². The van der Waals surface area contributed by atoms with E-state index >= 15 is 0 Å². The highest BCUT2D eigenvalue weighted by Gasteiger charge is 2.23. The van der Waals surface area contributed by atoms with Crippen molar-refractivity contribution in [1.82, 2.24) is 33.6 Å². The fourth-order valence-electron chi connectivity index (χ4n) is 4.21. The molecule has 0 saturated carbocycles. The Balaban J connectivity index is 1.36. The molecule has 1 aliphatic heterocycles. The number of rotatable bonds is 6. The number of imidazole rings is 1. The van der Waals surface area contributed by atoms with Crippen molar-refractivity contribution < 1.29 is 4.79 Å². The van der Waals surface area contributed by atoms with Crippen molar-refractivity contribution in [3.05, 3.63) is 44.9 Å². The number of amides is 1. The second-order valence-corrected chi connectivity index (χ2v) is 9.51. The number of fused-ring (bicyclic) bond motifs is 1. The minimum atomic E-state index is -0.797. The van der Waals surface area contributed by atoms with Crippen LogP contribution in [0.4, 0.5) is 11.8 Å². The van der Waals surface area contributed by atoms with E-state index in [9.17, 15) is 14.4 Å². The first-order valence-corrected chi connectivity index (χ1v) is 12.7. The van der Waals surface area contributed by atoms with Gasteiger partial charge in [0.05, 0.1) is 12.9 Å². The lowest BCUT2D eigenvalue weighted by atomic mass is 10.3. The summed E-state index contributed by atoms with van der Waals surface area (Å²) in [6, 6.07) is -0.797. The molecule has 0 aliphatic carbocycles. The van der Waals surface area contributed by atoms with Gasteiger partial charge in [-0.05, 0) is 26.7 Å². The summed E-state index contributed by atoms with van der Waals surface area (Å²) in [5.41, 5.74) is 0.0423. The zero-order chi connectivity index (χ0) is 26.1. The monoisotopic (exact) mass is 519 g/mol. The third kappa shape index (κ3) is 4.51. The van der Waals surface area contributed by atoms with Crippen LogP contribution in [0.5, 0.6) is 0 Å². The molecule has 1 atom stereocenters. The van der Waals surface area contributed by atoms with E-state index in [4.69, 9.17) is 0 Å². The molecule has 0 spiro atoms. The summed E-state index contributed by atoms with van der Waals surface area (Å²) >= 11 is 1.37. The average molecular weight is 520 g/mol. The molecule has 1 aliphatic rings. The highest BCUT2D eigenvalue weighted by Crippen LogP contribution is 2.27. The van der Waals surface area contributed by atoms with Crippen LogP contribution in [0.15, 0.2) is 33.7 Å². The maximum atomic E-state index is 13.1. The maximum absolute atomic E-state index is 13.1. The number of aryl methyl sites for hydroxylation is 1. The smallest absolute Gasteiger partial charge is 0.333 e. The molecule has 5 rings (SSSR count). The number of carbonyl (C=O) groups excluding carboxylic acids is 1. The van der Waals surface area contributed by atoms with Crippen molar-refractivity contribution in [3.8, 4) is 22.4 Å². The Morgan fingerprint density at radius 2 is 1.92 bits per heavy atom. The van der Waals surface area contributed by atoms with E-state index in [1.165, 1.54) is 33.8 Å². The van der Waals surface area contributed by atoms with Gasteiger partial charge in [0.2, 0.25) is 11.9 Å². The summed E-state index contributed by atoms with van der Waals surface area (Å²) in [6.07, 6.45) is 7.16. The van der Waals surface area contributed by atoms with Crippen LogP contribution in [0.1, 0.15) is 32.7 Å². The van der Waals surface area contributed by atoms with Crippen molar-refractivity contribution in [2.45, 2.75) is 39.3 Å². The number of carbonyl (C=O) groups is 1. The molecule has 37 heavy (non-hydrogen) atoms. The summed E-state index contributed by atoms with van der Waals surface area (Å²) < 4.78 is 3.77. The minimum absolute atomic E-state index is 0.0476. The fraction of sp³-hybridized carbons (Fsp3) is 0.375. The van der Waals surface area contributed by atoms with Crippen LogP contribution in [0.3, 0.4) is 0 Å². The molecule has 0 aromatic carbocycles. The number of nitrogens with zero attached hydrogens (tertiary/aromatic N) is 8. The number of aromatic nitrogens is 7. The zero-order valence-corrected chi connectivity index (χ0v) is 21.4. The van der Waals surface area contributed by atoms with Gasteiger partial charge >= 0.3 is 5.69 Å². The summed E-state index contributed by atoms with van der Waals surface area (Å²) in [4.78, 5) is 58.6. The quantitative estimate of drug-likeness (QED) is 0.380. The molecule has 0 radical (unpaired) electrons. The number of hydrogen-bond donors (Lipinski definition) is 1. The number of thiazole rings is 1. The van der Waals surface area contributed by atoms with Crippen molar-refractivity contribution in [1.29, 1.82) is 0 Å². The van der Waals surface area contributed by atoms with Crippen LogP contribution >= 0.6 is 11.3 Å². The van der Waals surface area contributed by atoms with Crippen LogP contribution in [0.2, 0.25) is 0 Å². The van der Waals surface area contributed by atoms with Gasteiger partial charge < -0.3 is 14.8 Å². The van der Waals surface area contributed by atoms with Crippen molar-refractivity contribution in [2.75, 3.05) is 23.3 Å². The van der Waals surface area contributed by atoms with Crippen molar-refractivity contribution >= 4 is 40.2 Å². The predicted octanol–water partition coefficient (Wildman–Crippen LogP) is 1.63. The van der Waals surface area contributed by atoms with E-state index in [1.54, 1.807) is 31.6 Å². The van der Waals surface area contributed by atoms with E-state index in [2.05, 4.69) is 42.0 Å². The highest BCUT2D eigenvalue weighted by atomic mass is 32.1. The second-order valence-electron chi connectivity index (χ2n) is 8.65. The summed E-state index contributed by atoms with van der Waals surface area (Å²) in [6.45, 7) is 5.16. The van der Waals surface area contributed by atoms with Crippen LogP contribution in [0.25, 0.3) is 21.7 Å². The molecular formula is C24H25N9O3S. The molecule has 0 bridgehead atoms. The minimum Gasteiger partial charge on any atom is -0.341 e. The average Bonchev–Trinajstić information content (AvgIpc) is 3.68. The second kappa shape index (κ2) is 9.98. The molecule has 13 heteroatoms. The first-order valence-electron chi connectivity index (χ1n) is 11.8. The molecule has 1 amide bonds. The molecule has 5 heterocycles. The van der Waals surface area contributed by atoms with Crippen LogP contribution in [-0.2, 0) is 18.4 Å². The molecule has 4 aromatic rings. The summed E-state index contributed by atoms with van der Waals surface area (Å²) in [5, 5.41) is 5.21. The molecule has 4 aromatic heterocycles. The van der Waals surface area contributed by atoms with Crippen LogP contribution in [0, 0.1) is 11.8 Å². The number of nitrogens with one attached hydrogen (secondary N) is 1. The third-order valence-electron chi connectivity index (χ3n) is 6.30. The van der Waals surface area contributed by atoms with E-state index in [0.717, 1.165) is 36.1 Å². The van der Waals surface area contributed by atoms with Gasteiger partial charge in [-0.3, -0.25) is 14.2 Å². The first-order chi connectivity index (χ1) is 17.9. The van der Waals surface area contributed by atoms with Gasteiger partial charge in [-0.25, -0.2) is 29.3 Å². The Kier molecular flexibility index (Phi) is 6.58. The van der Waals surface area contributed by atoms with Crippen LogP contribution in [-0.4, -0.2) is 52.6 Å². The molecule has 1 N–H and O–H groups in total. The fourth-order valence-corrected chi connectivity index (χ4v) is 4.94. The Morgan fingerprint density at radius 3 is 2.62 bits per heavy atom. The van der Waals surface area contributed by atoms with E-state index < -0.39 is 17.3 Å². The van der Waals surface area contributed by atoms with Gasteiger partial charge in [0.15, 0.2) is 11.2 Å². The zero-order valence-electron chi connectivity index (χ0n) is 20.6. The third-order valence-corrected chi connectivity index (χ3v) is 7.19.